The van der Waals surface area contributed by atoms with E-state index in [0.717, 1.165) is 33.9 Å². The Bertz CT molecular complexity index is 1800. The number of hydrogen-bond acceptors (Lipinski definition) is 6. The number of ether oxygens (including phenoxy) is 1. The summed E-state index contributed by atoms with van der Waals surface area (Å²) in [7, 11) is 3.95. The smallest absolute Gasteiger partial charge is 0.338 e. The number of fused-ring (bicyclic) bond motifs is 1. The lowest BCUT2D eigenvalue weighted by Gasteiger charge is -2.25. The molecule has 0 radical (unpaired) electrons. The number of hydrogen-bond donors (Lipinski definition) is 0. The molecule has 0 bridgehead atoms. The van der Waals surface area contributed by atoms with Gasteiger partial charge >= 0.3 is 5.97 Å². The van der Waals surface area contributed by atoms with Gasteiger partial charge in [-0.1, -0.05) is 41.2 Å². The molecule has 0 saturated carbocycles. The Balaban J connectivity index is 1.67. The molecule has 206 valence electrons. The fraction of sp³-hybridized carbons (Fsp3) is 0.281. The van der Waals surface area contributed by atoms with E-state index in [1.165, 1.54) is 16.9 Å². The largest absolute Gasteiger partial charge is 0.463 e. The maximum absolute atomic E-state index is 14.0. The van der Waals surface area contributed by atoms with E-state index in [1.54, 1.807) is 18.4 Å². The lowest BCUT2D eigenvalue weighted by molar-refractivity contribution is -0.139. The molecule has 4 aromatic rings. The third kappa shape index (κ3) is 4.84. The molecular weight excluding hydrogens is 520 g/mol. The number of anilines is 1. The molecule has 0 fully saturated rings. The van der Waals surface area contributed by atoms with Crippen LogP contribution >= 0.6 is 11.3 Å². The van der Waals surface area contributed by atoms with Crippen LogP contribution in [0.15, 0.2) is 75.7 Å². The molecule has 5 rings (SSSR count). The molecule has 1 aliphatic heterocycles. The molecule has 7 nitrogen and oxygen atoms in total. The van der Waals surface area contributed by atoms with Crippen molar-refractivity contribution in [2.75, 3.05) is 25.6 Å². The van der Waals surface area contributed by atoms with E-state index in [2.05, 4.69) is 55.7 Å². The second-order valence-corrected chi connectivity index (χ2v) is 11.3. The van der Waals surface area contributed by atoms with Crippen LogP contribution in [0.2, 0.25) is 0 Å². The molecule has 1 aliphatic rings. The first-order chi connectivity index (χ1) is 19.1. The van der Waals surface area contributed by atoms with Gasteiger partial charge in [-0.3, -0.25) is 9.36 Å². The van der Waals surface area contributed by atoms with E-state index in [1.807, 2.05) is 49.3 Å². The highest BCUT2D eigenvalue weighted by Crippen LogP contribution is 2.31. The summed E-state index contributed by atoms with van der Waals surface area (Å²) >= 11 is 1.34. The molecule has 0 N–H and O–H groups in total. The quantitative estimate of drug-likeness (QED) is 0.327. The minimum Gasteiger partial charge on any atom is -0.463 e. The average molecular weight is 555 g/mol. The van der Waals surface area contributed by atoms with Crippen LogP contribution in [-0.2, 0) is 9.53 Å². The predicted octanol–water partition coefficient (Wildman–Crippen LogP) is 4.58. The molecule has 0 aliphatic carbocycles. The van der Waals surface area contributed by atoms with E-state index >= 15 is 0 Å². The maximum atomic E-state index is 14.0. The van der Waals surface area contributed by atoms with Gasteiger partial charge in [0.05, 0.1) is 28.5 Å². The normalized spacial score (nSPS) is 15.2. The van der Waals surface area contributed by atoms with Gasteiger partial charge in [0.2, 0.25) is 0 Å². The zero-order chi connectivity index (χ0) is 28.7. The first kappa shape index (κ1) is 27.4. The summed E-state index contributed by atoms with van der Waals surface area (Å²) < 4.78 is 9.82. The molecule has 3 heterocycles. The van der Waals surface area contributed by atoms with Gasteiger partial charge in [0, 0.05) is 36.9 Å². The molecule has 8 heteroatoms. The van der Waals surface area contributed by atoms with Crippen LogP contribution in [0.5, 0.6) is 0 Å². The summed E-state index contributed by atoms with van der Waals surface area (Å²) in [5.74, 6) is -0.457. The van der Waals surface area contributed by atoms with Crippen LogP contribution in [0.25, 0.3) is 11.8 Å². The van der Waals surface area contributed by atoms with Crippen molar-refractivity contribution in [1.82, 2.24) is 9.13 Å². The van der Waals surface area contributed by atoms with Crippen molar-refractivity contribution in [3.63, 3.8) is 0 Å². The SMILES string of the molecule is CCOC(=O)C1=C(C)N=c2sc(=Cc3cc(C)n(-c4ccc(C)cc4)c3C)c(=O)n2C1c1ccc(N(C)C)cc1. The van der Waals surface area contributed by atoms with Crippen molar-refractivity contribution in [2.24, 2.45) is 4.99 Å². The summed E-state index contributed by atoms with van der Waals surface area (Å²) in [4.78, 5) is 34.4. The van der Waals surface area contributed by atoms with Gasteiger partial charge in [0.25, 0.3) is 5.56 Å². The molecule has 0 amide bonds. The zero-order valence-electron chi connectivity index (χ0n) is 24.0. The Hall–Kier alpha value is -4.17. The van der Waals surface area contributed by atoms with Gasteiger partial charge in [-0.25, -0.2) is 9.79 Å². The van der Waals surface area contributed by atoms with E-state index in [0.29, 0.717) is 20.6 Å². The van der Waals surface area contributed by atoms with Crippen LogP contribution in [0.3, 0.4) is 0 Å². The van der Waals surface area contributed by atoms with Crippen LogP contribution in [-0.4, -0.2) is 35.8 Å². The number of nitrogens with zero attached hydrogens (tertiary/aromatic N) is 4. The highest BCUT2D eigenvalue weighted by molar-refractivity contribution is 7.07. The Kier molecular flexibility index (Phi) is 7.38. The maximum Gasteiger partial charge on any atom is 0.338 e. The molecule has 1 atom stereocenters. The average Bonchev–Trinajstić information content (AvgIpc) is 3.38. The van der Waals surface area contributed by atoms with Gasteiger partial charge in [-0.2, -0.15) is 0 Å². The summed E-state index contributed by atoms with van der Waals surface area (Å²) in [5.41, 5.74) is 8.00. The van der Waals surface area contributed by atoms with Crippen LogP contribution in [0, 0.1) is 20.8 Å². The molecule has 0 saturated heterocycles. The third-order valence-electron chi connectivity index (χ3n) is 7.29. The van der Waals surface area contributed by atoms with Gasteiger partial charge in [-0.15, -0.1) is 0 Å². The number of carbonyl (C=O) groups is 1. The Labute approximate surface area is 238 Å². The summed E-state index contributed by atoms with van der Waals surface area (Å²) in [6, 6.07) is 17.8. The van der Waals surface area contributed by atoms with Crippen LogP contribution < -0.4 is 19.8 Å². The second-order valence-electron chi connectivity index (χ2n) is 10.3. The van der Waals surface area contributed by atoms with Crippen molar-refractivity contribution >= 4 is 29.1 Å². The van der Waals surface area contributed by atoms with E-state index < -0.39 is 12.0 Å². The number of allylic oxidation sites excluding steroid dienone is 1. The summed E-state index contributed by atoms with van der Waals surface area (Å²) in [6.45, 7) is 10.0. The highest BCUT2D eigenvalue weighted by atomic mass is 32.1. The second kappa shape index (κ2) is 10.8. The monoisotopic (exact) mass is 554 g/mol. The number of benzene rings is 2. The first-order valence-corrected chi connectivity index (χ1v) is 14.1. The van der Waals surface area contributed by atoms with Gasteiger partial charge in [0.15, 0.2) is 4.80 Å². The lowest BCUT2D eigenvalue weighted by Crippen LogP contribution is -2.40. The van der Waals surface area contributed by atoms with Gasteiger partial charge in [0.1, 0.15) is 0 Å². The molecule has 0 spiro atoms. The Morgan fingerprint density at radius 3 is 2.35 bits per heavy atom. The standard InChI is InChI=1S/C32H34N4O3S/c1-8-39-31(38)28-21(4)33-32-36(29(28)23-11-15-25(16-12-23)34(6)7)30(37)27(40-32)18-24-17-20(3)35(22(24)5)26-13-9-19(2)10-14-26/h9-18,29H,8H2,1-7H3. The summed E-state index contributed by atoms with van der Waals surface area (Å²) in [5, 5.41) is 0. The van der Waals surface area contributed by atoms with Gasteiger partial charge < -0.3 is 14.2 Å². The van der Waals surface area contributed by atoms with Crippen LogP contribution in [0.4, 0.5) is 5.69 Å². The van der Waals surface area contributed by atoms with Gasteiger partial charge in [-0.05, 0) is 82.2 Å². The fourth-order valence-corrected chi connectivity index (χ4v) is 6.27. The zero-order valence-corrected chi connectivity index (χ0v) is 24.8. The molecule has 2 aromatic carbocycles. The Morgan fingerprint density at radius 1 is 1.05 bits per heavy atom. The van der Waals surface area contributed by atoms with Crippen molar-refractivity contribution in [1.29, 1.82) is 0 Å². The molecule has 40 heavy (non-hydrogen) atoms. The number of rotatable bonds is 6. The predicted molar refractivity (Wildman–Crippen MR) is 161 cm³/mol. The van der Waals surface area contributed by atoms with E-state index in [-0.39, 0.29) is 12.2 Å². The number of aromatic nitrogens is 2. The topological polar surface area (TPSA) is 68.8 Å². The third-order valence-corrected chi connectivity index (χ3v) is 8.27. The number of aryl methyl sites for hydroxylation is 2. The minimum absolute atomic E-state index is 0.181. The fourth-order valence-electron chi connectivity index (χ4n) is 5.23. The number of thiazole rings is 1. The van der Waals surface area contributed by atoms with Crippen molar-refractivity contribution < 1.29 is 9.53 Å². The number of esters is 1. The lowest BCUT2D eigenvalue weighted by atomic mass is 9.95. The van der Waals surface area contributed by atoms with Crippen molar-refractivity contribution in [3.05, 3.63) is 114 Å². The molecule has 1 unspecified atom stereocenters. The molecular formula is C32H34N4O3S. The highest BCUT2D eigenvalue weighted by Gasteiger charge is 2.33. The number of carbonyl (C=O) groups excluding carboxylic acids is 1. The van der Waals surface area contributed by atoms with E-state index in [4.69, 9.17) is 9.73 Å². The first-order valence-electron chi connectivity index (χ1n) is 13.3. The van der Waals surface area contributed by atoms with Crippen LogP contribution in [0.1, 0.15) is 48.0 Å². The molecule has 2 aromatic heterocycles. The summed E-state index contributed by atoms with van der Waals surface area (Å²) in [6.07, 6.45) is 1.94. The Morgan fingerprint density at radius 2 is 1.73 bits per heavy atom. The minimum atomic E-state index is -0.631. The van der Waals surface area contributed by atoms with Crippen molar-refractivity contribution in [2.45, 2.75) is 40.7 Å². The van der Waals surface area contributed by atoms with Crippen molar-refractivity contribution in [3.8, 4) is 5.69 Å². The van der Waals surface area contributed by atoms with E-state index in [9.17, 15) is 9.59 Å².